The van der Waals surface area contributed by atoms with Crippen LogP contribution in [0.4, 0.5) is 0 Å². The molecule has 25 heavy (non-hydrogen) atoms. The Bertz CT molecular complexity index is 911. The van der Waals surface area contributed by atoms with E-state index in [0.29, 0.717) is 18.8 Å². The van der Waals surface area contributed by atoms with Crippen LogP contribution in [0.3, 0.4) is 0 Å². The number of amides is 1. The molecule has 1 aliphatic heterocycles. The van der Waals surface area contributed by atoms with E-state index < -0.39 is 0 Å². The van der Waals surface area contributed by atoms with Crippen LogP contribution in [0.1, 0.15) is 27.5 Å². The predicted octanol–water partition coefficient (Wildman–Crippen LogP) is 2.62. The quantitative estimate of drug-likeness (QED) is 0.722. The van der Waals surface area contributed by atoms with E-state index in [4.69, 9.17) is 9.62 Å². The maximum atomic E-state index is 12.6. The maximum Gasteiger partial charge on any atom is 0.292 e. The number of rotatable bonds is 2. The van der Waals surface area contributed by atoms with Crippen LogP contribution >= 0.6 is 0 Å². The van der Waals surface area contributed by atoms with Crippen LogP contribution in [-0.4, -0.2) is 38.8 Å². The van der Waals surface area contributed by atoms with E-state index >= 15 is 0 Å². The van der Waals surface area contributed by atoms with E-state index in [9.17, 15) is 4.79 Å². The zero-order chi connectivity index (χ0) is 17.4. The van der Waals surface area contributed by atoms with Crippen molar-refractivity contribution < 1.29 is 9.32 Å². The van der Waals surface area contributed by atoms with Gasteiger partial charge in [0, 0.05) is 49.4 Å². The molecule has 128 valence electrons. The van der Waals surface area contributed by atoms with Crippen molar-refractivity contribution in [3.63, 3.8) is 0 Å². The first-order valence-electron chi connectivity index (χ1n) is 8.46. The summed E-state index contributed by atoms with van der Waals surface area (Å²) in [5, 5.41) is 8.54. The van der Waals surface area contributed by atoms with Gasteiger partial charge >= 0.3 is 0 Å². The molecule has 0 bridgehead atoms. The third-order valence-electron chi connectivity index (χ3n) is 4.70. The predicted molar refractivity (Wildman–Crippen MR) is 93.2 cm³/mol. The van der Waals surface area contributed by atoms with Gasteiger partial charge in [-0.1, -0.05) is 35.5 Å². The zero-order valence-corrected chi connectivity index (χ0v) is 14.4. The van der Waals surface area contributed by atoms with E-state index in [0.717, 1.165) is 29.8 Å². The van der Waals surface area contributed by atoms with Crippen LogP contribution in [0.15, 0.2) is 40.9 Å². The molecule has 0 saturated heterocycles. The molecule has 0 unspecified atom stereocenters. The van der Waals surface area contributed by atoms with Crippen molar-refractivity contribution in [2.45, 2.75) is 19.8 Å². The summed E-state index contributed by atoms with van der Waals surface area (Å²) in [6.07, 6.45) is 1.57. The van der Waals surface area contributed by atoms with Gasteiger partial charge in [0.05, 0.1) is 11.4 Å². The monoisotopic (exact) mass is 336 g/mol. The Labute approximate surface area is 146 Å². The number of fused-ring (bicyclic) bond motifs is 1. The molecule has 0 aliphatic carbocycles. The Morgan fingerprint density at radius 2 is 1.92 bits per heavy atom. The molecule has 4 rings (SSSR count). The third kappa shape index (κ3) is 2.84. The fourth-order valence-electron chi connectivity index (χ4n) is 3.43. The lowest BCUT2D eigenvalue weighted by Gasteiger charge is -2.18. The van der Waals surface area contributed by atoms with Crippen LogP contribution in [0.25, 0.3) is 11.3 Å². The van der Waals surface area contributed by atoms with Gasteiger partial charge in [0.15, 0.2) is 0 Å². The molecule has 0 atom stereocenters. The topological polar surface area (TPSA) is 64.2 Å². The van der Waals surface area contributed by atoms with E-state index in [1.807, 2.05) is 41.8 Å². The van der Waals surface area contributed by atoms with Crippen LogP contribution in [0.5, 0.6) is 0 Å². The van der Waals surface area contributed by atoms with Crippen molar-refractivity contribution in [2.24, 2.45) is 7.05 Å². The highest BCUT2D eigenvalue weighted by Crippen LogP contribution is 2.28. The minimum atomic E-state index is -0.0948. The van der Waals surface area contributed by atoms with Crippen LogP contribution in [-0.2, 0) is 19.9 Å². The highest BCUT2D eigenvalue weighted by Gasteiger charge is 2.26. The van der Waals surface area contributed by atoms with Crippen molar-refractivity contribution in [3.8, 4) is 11.3 Å². The molecule has 0 N–H and O–H groups in total. The van der Waals surface area contributed by atoms with Gasteiger partial charge < -0.3 is 9.42 Å². The largest absolute Gasteiger partial charge is 0.351 e. The number of aromatic nitrogens is 3. The van der Waals surface area contributed by atoms with Gasteiger partial charge in [-0.05, 0) is 13.3 Å². The summed E-state index contributed by atoms with van der Waals surface area (Å²) < 4.78 is 7.09. The number of hydrogen-bond acceptors (Lipinski definition) is 4. The maximum absolute atomic E-state index is 12.6. The number of benzene rings is 1. The Kier molecular flexibility index (Phi) is 3.87. The summed E-state index contributed by atoms with van der Waals surface area (Å²) in [7, 11) is 1.97. The SMILES string of the molecule is Cc1cc(C(=O)N2CCc3c(-c4ccccc4)nn(C)c3CC2)on1. The van der Waals surface area contributed by atoms with Crippen molar-refractivity contribution in [1.29, 1.82) is 0 Å². The number of carbonyl (C=O) groups excluding carboxylic acids is 1. The molecule has 6 nitrogen and oxygen atoms in total. The summed E-state index contributed by atoms with van der Waals surface area (Å²) in [5.74, 6) is 0.215. The van der Waals surface area contributed by atoms with Gasteiger partial charge in [0.2, 0.25) is 5.76 Å². The van der Waals surface area contributed by atoms with Crippen molar-refractivity contribution >= 4 is 5.91 Å². The van der Waals surface area contributed by atoms with Crippen LogP contribution in [0, 0.1) is 6.92 Å². The smallest absolute Gasteiger partial charge is 0.292 e. The van der Waals surface area contributed by atoms with Crippen LogP contribution < -0.4 is 0 Å². The molecule has 0 fully saturated rings. The van der Waals surface area contributed by atoms with Gasteiger partial charge in [-0.25, -0.2) is 0 Å². The number of carbonyl (C=O) groups is 1. The van der Waals surface area contributed by atoms with Gasteiger partial charge in [-0.15, -0.1) is 0 Å². The molecule has 6 heteroatoms. The molecule has 0 spiro atoms. The molecule has 1 aromatic carbocycles. The Morgan fingerprint density at radius 3 is 2.64 bits per heavy atom. The van der Waals surface area contributed by atoms with E-state index in [2.05, 4.69) is 17.3 Å². The summed E-state index contributed by atoms with van der Waals surface area (Å²) in [4.78, 5) is 14.5. The molecule has 0 radical (unpaired) electrons. The molecule has 1 aliphatic rings. The summed E-state index contributed by atoms with van der Waals surface area (Å²) >= 11 is 0. The molecule has 3 heterocycles. The highest BCUT2D eigenvalue weighted by molar-refractivity contribution is 5.91. The molecule has 2 aromatic heterocycles. The molecular formula is C19H20N4O2. The molecule has 0 saturated carbocycles. The minimum absolute atomic E-state index is 0.0948. The molecular weight excluding hydrogens is 316 g/mol. The third-order valence-corrected chi connectivity index (χ3v) is 4.70. The molecule has 1 amide bonds. The van der Waals surface area contributed by atoms with Crippen LogP contribution in [0.2, 0.25) is 0 Å². The first-order chi connectivity index (χ1) is 12.1. The summed E-state index contributed by atoms with van der Waals surface area (Å²) in [6.45, 7) is 3.12. The summed E-state index contributed by atoms with van der Waals surface area (Å²) in [6, 6.07) is 11.9. The standard InChI is InChI=1S/C19H20N4O2/c1-13-12-17(25-21-13)19(24)23-10-8-15-16(9-11-23)22(2)20-18(15)14-6-4-3-5-7-14/h3-7,12H,8-11H2,1-2H3. The number of aryl methyl sites for hydroxylation is 2. The summed E-state index contributed by atoms with van der Waals surface area (Å²) in [5.41, 5.74) is 5.28. The first-order valence-corrected chi connectivity index (χ1v) is 8.46. The lowest BCUT2D eigenvalue weighted by atomic mass is 10.0. The normalized spacial score (nSPS) is 14.2. The Morgan fingerprint density at radius 1 is 1.16 bits per heavy atom. The average Bonchev–Trinajstić information content (AvgIpc) is 3.11. The average molecular weight is 336 g/mol. The second kappa shape index (κ2) is 6.20. The fraction of sp³-hybridized carbons (Fsp3) is 0.316. The Hall–Kier alpha value is -2.89. The highest BCUT2D eigenvalue weighted by atomic mass is 16.5. The number of hydrogen-bond donors (Lipinski definition) is 0. The molecule has 3 aromatic rings. The first kappa shape index (κ1) is 15.6. The second-order valence-electron chi connectivity index (χ2n) is 6.39. The number of nitrogens with zero attached hydrogens (tertiary/aromatic N) is 4. The van der Waals surface area contributed by atoms with Gasteiger partial charge in [-0.2, -0.15) is 5.10 Å². The fourth-order valence-corrected chi connectivity index (χ4v) is 3.43. The van der Waals surface area contributed by atoms with Crippen molar-refractivity contribution in [1.82, 2.24) is 19.8 Å². The minimum Gasteiger partial charge on any atom is -0.351 e. The zero-order valence-electron chi connectivity index (χ0n) is 14.4. The van der Waals surface area contributed by atoms with E-state index in [-0.39, 0.29) is 5.91 Å². The lowest BCUT2D eigenvalue weighted by molar-refractivity contribution is 0.0720. The van der Waals surface area contributed by atoms with E-state index in [1.54, 1.807) is 6.07 Å². The van der Waals surface area contributed by atoms with Gasteiger partial charge in [0.1, 0.15) is 0 Å². The lowest BCUT2D eigenvalue weighted by Crippen LogP contribution is -2.33. The van der Waals surface area contributed by atoms with Gasteiger partial charge in [0.25, 0.3) is 5.91 Å². The van der Waals surface area contributed by atoms with Crippen molar-refractivity contribution in [2.75, 3.05) is 13.1 Å². The second-order valence-corrected chi connectivity index (χ2v) is 6.39. The van der Waals surface area contributed by atoms with E-state index in [1.165, 1.54) is 11.3 Å². The van der Waals surface area contributed by atoms with Crippen molar-refractivity contribution in [3.05, 3.63) is 59.1 Å². The Balaban J connectivity index is 1.61. The van der Waals surface area contributed by atoms with Gasteiger partial charge in [-0.3, -0.25) is 9.48 Å².